The summed E-state index contributed by atoms with van der Waals surface area (Å²) in [4.78, 5) is 26.6. The van der Waals surface area contributed by atoms with Crippen molar-refractivity contribution in [1.29, 1.82) is 0 Å². The first-order valence-corrected chi connectivity index (χ1v) is 8.05. The Hall–Kier alpha value is -2.63. The van der Waals surface area contributed by atoms with Gasteiger partial charge in [0, 0.05) is 25.7 Å². The molecule has 1 atom stereocenters. The summed E-state index contributed by atoms with van der Waals surface area (Å²) in [6.07, 6.45) is 0.234. The third-order valence-electron chi connectivity index (χ3n) is 4.60. The molecule has 126 valence electrons. The van der Waals surface area contributed by atoms with Crippen LogP contribution in [0.5, 0.6) is 0 Å². The highest BCUT2D eigenvalue weighted by atomic mass is 16.2. The van der Waals surface area contributed by atoms with Crippen LogP contribution in [-0.4, -0.2) is 28.1 Å². The summed E-state index contributed by atoms with van der Waals surface area (Å²) in [5.74, 6) is -0.492. The molecule has 0 unspecified atom stereocenters. The third-order valence-corrected chi connectivity index (χ3v) is 4.60. The molecule has 1 aromatic carbocycles. The Morgan fingerprint density at radius 2 is 1.88 bits per heavy atom. The number of aromatic nitrogens is 2. The van der Waals surface area contributed by atoms with Gasteiger partial charge in [-0.1, -0.05) is 17.7 Å². The monoisotopic (exact) mass is 326 g/mol. The van der Waals surface area contributed by atoms with Gasteiger partial charge in [0.15, 0.2) is 0 Å². The van der Waals surface area contributed by atoms with Gasteiger partial charge >= 0.3 is 0 Å². The van der Waals surface area contributed by atoms with E-state index in [0.717, 1.165) is 28.3 Å². The molecule has 1 aliphatic heterocycles. The molecule has 1 saturated heterocycles. The third kappa shape index (κ3) is 2.91. The largest absolute Gasteiger partial charge is 0.323 e. The summed E-state index contributed by atoms with van der Waals surface area (Å²) in [7, 11) is 1.84. The molecule has 0 aliphatic carbocycles. The number of carbonyl (C=O) groups excluding carboxylic acids is 2. The minimum Gasteiger partial charge on any atom is -0.323 e. The highest BCUT2D eigenvalue weighted by Gasteiger charge is 2.35. The van der Waals surface area contributed by atoms with Gasteiger partial charge in [-0.15, -0.1) is 0 Å². The molecule has 6 heteroatoms. The minimum absolute atomic E-state index is 0.0152. The van der Waals surface area contributed by atoms with Crippen LogP contribution in [0.15, 0.2) is 24.3 Å². The molecule has 6 nitrogen and oxygen atoms in total. The molecule has 1 fully saturated rings. The zero-order valence-corrected chi connectivity index (χ0v) is 14.5. The van der Waals surface area contributed by atoms with E-state index in [4.69, 9.17) is 0 Å². The quantitative estimate of drug-likeness (QED) is 0.941. The van der Waals surface area contributed by atoms with Crippen molar-refractivity contribution < 1.29 is 9.59 Å². The van der Waals surface area contributed by atoms with Crippen molar-refractivity contribution in [3.05, 3.63) is 41.2 Å². The Bertz CT molecular complexity index is 792. The highest BCUT2D eigenvalue weighted by Crippen LogP contribution is 2.27. The Morgan fingerprint density at radius 3 is 2.46 bits per heavy atom. The first kappa shape index (κ1) is 16.2. The number of carbonyl (C=O) groups is 2. The number of nitrogens with zero attached hydrogens (tertiary/aromatic N) is 3. The molecule has 0 bridgehead atoms. The van der Waals surface area contributed by atoms with Crippen LogP contribution in [0.3, 0.4) is 0 Å². The van der Waals surface area contributed by atoms with E-state index in [9.17, 15) is 9.59 Å². The Labute approximate surface area is 141 Å². The molecule has 2 aromatic rings. The van der Waals surface area contributed by atoms with Gasteiger partial charge in [-0.25, -0.2) is 0 Å². The first-order chi connectivity index (χ1) is 11.4. The number of hydrogen-bond acceptors (Lipinski definition) is 3. The fourth-order valence-electron chi connectivity index (χ4n) is 3.04. The van der Waals surface area contributed by atoms with E-state index in [0.29, 0.717) is 6.54 Å². The Morgan fingerprint density at radius 1 is 1.21 bits per heavy atom. The maximum absolute atomic E-state index is 12.6. The molecule has 1 N–H and O–H groups in total. The number of aryl methyl sites for hydroxylation is 3. The van der Waals surface area contributed by atoms with E-state index in [2.05, 4.69) is 10.4 Å². The van der Waals surface area contributed by atoms with E-state index >= 15 is 0 Å². The van der Waals surface area contributed by atoms with Gasteiger partial charge < -0.3 is 10.2 Å². The van der Waals surface area contributed by atoms with Crippen molar-refractivity contribution >= 4 is 23.2 Å². The predicted molar refractivity (Wildman–Crippen MR) is 93.0 cm³/mol. The van der Waals surface area contributed by atoms with Gasteiger partial charge in [-0.05, 0) is 32.9 Å². The smallest absolute Gasteiger partial charge is 0.229 e. The first-order valence-electron chi connectivity index (χ1n) is 8.05. The zero-order valence-electron chi connectivity index (χ0n) is 14.5. The van der Waals surface area contributed by atoms with E-state index in [1.807, 2.05) is 52.1 Å². The van der Waals surface area contributed by atoms with Crippen LogP contribution in [0, 0.1) is 26.7 Å². The second-order valence-corrected chi connectivity index (χ2v) is 6.40. The normalized spacial score (nSPS) is 17.4. The average molecular weight is 326 g/mol. The number of benzene rings is 1. The van der Waals surface area contributed by atoms with E-state index in [-0.39, 0.29) is 24.2 Å². The van der Waals surface area contributed by atoms with Crippen molar-refractivity contribution in [3.63, 3.8) is 0 Å². The van der Waals surface area contributed by atoms with Gasteiger partial charge in [0.1, 0.15) is 0 Å². The number of nitrogens with one attached hydrogen (secondary N) is 1. The lowest BCUT2D eigenvalue weighted by Gasteiger charge is -2.17. The van der Waals surface area contributed by atoms with Crippen molar-refractivity contribution in [2.45, 2.75) is 27.2 Å². The van der Waals surface area contributed by atoms with E-state index in [1.165, 1.54) is 0 Å². The lowest BCUT2D eigenvalue weighted by atomic mass is 10.1. The predicted octanol–water partition coefficient (Wildman–Crippen LogP) is 2.34. The number of hydrogen-bond donors (Lipinski definition) is 1. The van der Waals surface area contributed by atoms with E-state index in [1.54, 1.807) is 9.58 Å². The topological polar surface area (TPSA) is 67.2 Å². The second-order valence-electron chi connectivity index (χ2n) is 6.40. The van der Waals surface area contributed by atoms with Crippen LogP contribution < -0.4 is 10.2 Å². The van der Waals surface area contributed by atoms with Crippen LogP contribution in [0.25, 0.3) is 0 Å². The summed E-state index contributed by atoms with van der Waals surface area (Å²) in [6.45, 7) is 6.19. The molecule has 1 aromatic heterocycles. The van der Waals surface area contributed by atoms with Gasteiger partial charge in [0.25, 0.3) is 0 Å². The maximum Gasteiger partial charge on any atom is 0.229 e. The molecule has 0 spiro atoms. The van der Waals surface area contributed by atoms with Crippen LogP contribution in [0.2, 0.25) is 0 Å². The fraction of sp³-hybridized carbons (Fsp3) is 0.389. The van der Waals surface area contributed by atoms with Gasteiger partial charge in [0.2, 0.25) is 11.8 Å². The molecule has 0 saturated carbocycles. The molecule has 0 radical (unpaired) electrons. The van der Waals surface area contributed by atoms with Crippen LogP contribution in [-0.2, 0) is 16.6 Å². The molecular formula is C18H22N4O2. The molecular weight excluding hydrogens is 304 g/mol. The highest BCUT2D eigenvalue weighted by molar-refractivity contribution is 6.03. The van der Waals surface area contributed by atoms with Gasteiger partial charge in [0.05, 0.1) is 23.0 Å². The lowest BCUT2D eigenvalue weighted by molar-refractivity contribution is -0.122. The molecule has 3 rings (SSSR count). The zero-order chi connectivity index (χ0) is 17.4. The Balaban J connectivity index is 1.73. The standard InChI is InChI=1S/C18H22N4O2/c1-11-5-7-15(8-6-11)22-10-14(9-16(22)23)18(24)19-17-12(2)20-21(4)13(17)3/h5-8,14H,9-10H2,1-4H3,(H,19,24)/t14-/m1/s1. The van der Waals surface area contributed by atoms with Crippen molar-refractivity contribution in [3.8, 4) is 0 Å². The molecule has 24 heavy (non-hydrogen) atoms. The van der Waals surface area contributed by atoms with Crippen molar-refractivity contribution in [2.24, 2.45) is 13.0 Å². The average Bonchev–Trinajstić information content (AvgIpc) is 3.04. The van der Waals surface area contributed by atoms with E-state index < -0.39 is 0 Å². The van der Waals surface area contributed by atoms with Crippen LogP contribution in [0.1, 0.15) is 23.4 Å². The van der Waals surface area contributed by atoms with Crippen molar-refractivity contribution in [1.82, 2.24) is 9.78 Å². The molecule has 2 amide bonds. The Kier molecular flexibility index (Phi) is 4.13. The minimum atomic E-state index is -0.349. The number of rotatable bonds is 3. The number of amides is 2. The van der Waals surface area contributed by atoms with Crippen molar-refractivity contribution in [2.75, 3.05) is 16.8 Å². The molecule has 1 aliphatic rings. The summed E-state index contributed by atoms with van der Waals surface area (Å²) in [6, 6.07) is 7.78. The van der Waals surface area contributed by atoms with Crippen LogP contribution >= 0.6 is 0 Å². The second kappa shape index (κ2) is 6.11. The number of anilines is 2. The maximum atomic E-state index is 12.6. The summed E-state index contributed by atoms with van der Waals surface area (Å²) >= 11 is 0. The van der Waals surface area contributed by atoms with Gasteiger partial charge in [-0.3, -0.25) is 14.3 Å². The lowest BCUT2D eigenvalue weighted by Crippen LogP contribution is -2.28. The summed E-state index contributed by atoms with van der Waals surface area (Å²) < 4.78 is 1.74. The SMILES string of the molecule is Cc1ccc(N2C[C@H](C(=O)Nc3c(C)nn(C)c3C)CC2=O)cc1. The fourth-order valence-corrected chi connectivity index (χ4v) is 3.04. The summed E-state index contributed by atoms with van der Waals surface area (Å²) in [5, 5.41) is 7.24. The summed E-state index contributed by atoms with van der Waals surface area (Å²) in [5.41, 5.74) is 4.41. The van der Waals surface area contributed by atoms with Gasteiger partial charge in [-0.2, -0.15) is 5.10 Å². The van der Waals surface area contributed by atoms with Crippen LogP contribution in [0.4, 0.5) is 11.4 Å². The molecule has 2 heterocycles.